The van der Waals surface area contributed by atoms with E-state index in [1.807, 2.05) is 6.92 Å². The fourth-order valence-corrected chi connectivity index (χ4v) is 1.46. The van der Waals surface area contributed by atoms with Crippen molar-refractivity contribution in [3.8, 4) is 0 Å². The van der Waals surface area contributed by atoms with Crippen LogP contribution in [0.2, 0.25) is 0 Å². The van der Waals surface area contributed by atoms with E-state index in [0.29, 0.717) is 6.08 Å². The van der Waals surface area contributed by atoms with Gasteiger partial charge in [-0.15, -0.1) is 0 Å². The van der Waals surface area contributed by atoms with Gasteiger partial charge in [-0.25, -0.2) is 9.59 Å². The molecule has 0 aliphatic carbocycles. The number of carboxylic acid groups (broad SMARTS) is 2. The van der Waals surface area contributed by atoms with E-state index >= 15 is 0 Å². The van der Waals surface area contributed by atoms with Gasteiger partial charge in [-0.1, -0.05) is 20.3 Å². The second-order valence-electron chi connectivity index (χ2n) is 4.17. The first-order valence-electron chi connectivity index (χ1n) is 6.47. The number of hydrogen-bond acceptors (Lipinski definition) is 3. The summed E-state index contributed by atoms with van der Waals surface area (Å²) in [5.74, 6) is -2.48. The smallest absolute Gasteiger partial charge is 0.331 e. The minimum atomic E-state index is -1.26. The highest BCUT2D eigenvalue weighted by Crippen LogP contribution is 2.11. The fraction of sp³-hybridized carbons (Fsp3) is 0.571. The molecule has 0 radical (unpaired) electrons. The highest BCUT2D eigenvalue weighted by molar-refractivity contribution is 5.94. The molecule has 0 saturated heterocycles. The van der Waals surface area contributed by atoms with Gasteiger partial charge in [-0.2, -0.15) is 0 Å². The van der Waals surface area contributed by atoms with Crippen LogP contribution < -0.4 is 0 Å². The molecule has 0 heterocycles. The van der Waals surface area contributed by atoms with E-state index in [1.54, 1.807) is 6.26 Å². The van der Waals surface area contributed by atoms with Crippen molar-refractivity contribution in [2.24, 2.45) is 0 Å². The molecule has 108 valence electrons. The summed E-state index contributed by atoms with van der Waals surface area (Å²) in [5.41, 5.74) is 1.02. The second kappa shape index (κ2) is 10.2. The number of hydrogen-bond donors (Lipinski definition) is 2. The topological polar surface area (TPSA) is 83.8 Å². The molecule has 0 spiro atoms. The minimum absolute atomic E-state index is 0.0723. The third-order valence-electron chi connectivity index (χ3n) is 2.62. The highest BCUT2D eigenvalue weighted by atomic mass is 16.5. The Morgan fingerprint density at radius 3 is 2.32 bits per heavy atom. The van der Waals surface area contributed by atoms with E-state index in [-0.39, 0.29) is 18.6 Å². The van der Waals surface area contributed by atoms with Crippen LogP contribution in [0.15, 0.2) is 23.5 Å². The Hall–Kier alpha value is -1.78. The van der Waals surface area contributed by atoms with Crippen LogP contribution in [0.5, 0.6) is 0 Å². The Labute approximate surface area is 113 Å². The van der Waals surface area contributed by atoms with Crippen molar-refractivity contribution >= 4 is 11.9 Å². The summed E-state index contributed by atoms with van der Waals surface area (Å²) >= 11 is 0. The summed E-state index contributed by atoms with van der Waals surface area (Å²) in [5, 5.41) is 17.3. The monoisotopic (exact) mass is 270 g/mol. The van der Waals surface area contributed by atoms with Gasteiger partial charge < -0.3 is 14.9 Å². The summed E-state index contributed by atoms with van der Waals surface area (Å²) in [6.07, 6.45) is 6.52. The first-order valence-corrected chi connectivity index (χ1v) is 6.47. The van der Waals surface area contributed by atoms with Gasteiger partial charge in [0.1, 0.15) is 0 Å². The van der Waals surface area contributed by atoms with Crippen LogP contribution in [-0.2, 0) is 14.3 Å². The molecule has 0 rings (SSSR count). The zero-order valence-corrected chi connectivity index (χ0v) is 11.5. The lowest BCUT2D eigenvalue weighted by Gasteiger charge is -2.06. The van der Waals surface area contributed by atoms with E-state index in [4.69, 9.17) is 14.9 Å². The number of rotatable bonds is 10. The number of carbonyl (C=O) groups is 2. The molecule has 0 aliphatic rings. The molecular formula is C14H22O5. The van der Waals surface area contributed by atoms with Crippen LogP contribution >= 0.6 is 0 Å². The van der Waals surface area contributed by atoms with Crippen molar-refractivity contribution in [2.75, 3.05) is 6.61 Å². The van der Waals surface area contributed by atoms with Crippen molar-refractivity contribution in [3.05, 3.63) is 23.5 Å². The maximum Gasteiger partial charge on any atom is 0.331 e. The van der Waals surface area contributed by atoms with Crippen molar-refractivity contribution in [1.82, 2.24) is 0 Å². The van der Waals surface area contributed by atoms with Gasteiger partial charge in [0.25, 0.3) is 0 Å². The van der Waals surface area contributed by atoms with Gasteiger partial charge in [-0.05, 0) is 24.8 Å². The van der Waals surface area contributed by atoms with E-state index < -0.39 is 11.9 Å². The molecule has 2 N–H and O–H groups in total. The van der Waals surface area contributed by atoms with E-state index in [0.717, 1.165) is 25.7 Å². The molecule has 0 saturated carbocycles. The summed E-state index contributed by atoms with van der Waals surface area (Å²) in [6, 6.07) is 0. The Kier molecular flexibility index (Phi) is 9.22. The van der Waals surface area contributed by atoms with Crippen LogP contribution in [0.3, 0.4) is 0 Å². The van der Waals surface area contributed by atoms with Crippen LogP contribution in [0.1, 0.15) is 46.0 Å². The molecule has 5 nitrogen and oxygen atoms in total. The molecule has 0 bridgehead atoms. The molecule has 0 aromatic carbocycles. The molecule has 19 heavy (non-hydrogen) atoms. The third kappa shape index (κ3) is 8.88. The fourth-order valence-electron chi connectivity index (χ4n) is 1.46. The normalized spacial score (nSPS) is 12.3. The molecule has 0 aromatic heterocycles. The highest BCUT2D eigenvalue weighted by Gasteiger charge is 2.09. The van der Waals surface area contributed by atoms with Gasteiger partial charge in [0.2, 0.25) is 0 Å². The SMILES string of the molecule is CCCCC(=COCCC(=CC(=O)O)C(=O)O)CC. The predicted octanol–water partition coefficient (Wildman–Crippen LogP) is 2.97. The lowest BCUT2D eigenvalue weighted by Crippen LogP contribution is -2.06. The van der Waals surface area contributed by atoms with Crippen molar-refractivity contribution in [3.63, 3.8) is 0 Å². The van der Waals surface area contributed by atoms with Gasteiger partial charge in [0.15, 0.2) is 0 Å². The quantitative estimate of drug-likeness (QED) is 0.362. The molecule has 0 aliphatic heterocycles. The zero-order valence-electron chi connectivity index (χ0n) is 11.5. The Bertz CT molecular complexity index is 355. The van der Waals surface area contributed by atoms with Gasteiger partial charge >= 0.3 is 11.9 Å². The molecular weight excluding hydrogens is 248 g/mol. The molecule has 0 atom stereocenters. The third-order valence-corrected chi connectivity index (χ3v) is 2.62. The van der Waals surface area contributed by atoms with Crippen molar-refractivity contribution < 1.29 is 24.5 Å². The lowest BCUT2D eigenvalue weighted by molar-refractivity contribution is -0.135. The predicted molar refractivity (Wildman–Crippen MR) is 71.8 cm³/mol. The van der Waals surface area contributed by atoms with Crippen LogP contribution in [-0.4, -0.2) is 28.8 Å². The van der Waals surface area contributed by atoms with Gasteiger partial charge in [0.05, 0.1) is 12.9 Å². The maximum absolute atomic E-state index is 10.8. The average molecular weight is 270 g/mol. The molecule has 0 aromatic rings. The minimum Gasteiger partial charge on any atom is -0.501 e. The lowest BCUT2D eigenvalue weighted by atomic mass is 10.1. The first kappa shape index (κ1) is 17.2. The number of allylic oxidation sites excluding steroid dienone is 1. The average Bonchev–Trinajstić information content (AvgIpc) is 2.35. The van der Waals surface area contributed by atoms with Crippen LogP contribution in [0.4, 0.5) is 0 Å². The standard InChI is InChI=1S/C14H22O5/c1-3-5-6-11(4-2)10-19-8-7-12(14(17)18)9-13(15)16/h9-10H,3-8H2,1-2H3,(H,15,16)(H,17,18). The summed E-state index contributed by atoms with van der Waals surface area (Å²) in [7, 11) is 0. The zero-order chi connectivity index (χ0) is 14.7. The second-order valence-corrected chi connectivity index (χ2v) is 4.17. The number of ether oxygens (including phenoxy) is 1. The van der Waals surface area contributed by atoms with Gasteiger partial charge in [0, 0.05) is 18.1 Å². The molecule has 5 heteroatoms. The first-order chi connectivity index (χ1) is 9.01. The Morgan fingerprint density at radius 1 is 1.16 bits per heavy atom. The Balaban J connectivity index is 4.22. The van der Waals surface area contributed by atoms with Crippen LogP contribution in [0.25, 0.3) is 0 Å². The number of unbranched alkanes of at least 4 members (excludes halogenated alkanes) is 1. The number of aliphatic carboxylic acids is 2. The van der Waals surface area contributed by atoms with E-state index in [1.165, 1.54) is 5.57 Å². The summed E-state index contributed by atoms with van der Waals surface area (Å²) < 4.78 is 5.29. The molecule has 0 amide bonds. The van der Waals surface area contributed by atoms with Gasteiger partial charge in [-0.3, -0.25) is 0 Å². The summed E-state index contributed by atoms with van der Waals surface area (Å²) in [6.45, 7) is 4.32. The number of carboxylic acids is 2. The molecule has 0 unspecified atom stereocenters. The largest absolute Gasteiger partial charge is 0.501 e. The van der Waals surface area contributed by atoms with Crippen molar-refractivity contribution in [1.29, 1.82) is 0 Å². The Morgan fingerprint density at radius 2 is 1.84 bits per heavy atom. The van der Waals surface area contributed by atoms with E-state index in [9.17, 15) is 9.59 Å². The van der Waals surface area contributed by atoms with Crippen molar-refractivity contribution in [2.45, 2.75) is 46.0 Å². The van der Waals surface area contributed by atoms with E-state index in [2.05, 4.69) is 6.92 Å². The van der Waals surface area contributed by atoms with Crippen LogP contribution in [0, 0.1) is 0 Å². The maximum atomic E-state index is 10.8. The summed E-state index contributed by atoms with van der Waals surface area (Å²) in [4.78, 5) is 21.2. The molecule has 0 fully saturated rings.